The lowest BCUT2D eigenvalue weighted by atomic mass is 10.0. The third kappa shape index (κ3) is 4.04. The molecule has 3 rings (SSSR count). The van der Waals surface area contributed by atoms with Gasteiger partial charge in [0.25, 0.3) is 5.91 Å². The molecule has 0 bridgehead atoms. The van der Waals surface area contributed by atoms with E-state index in [9.17, 15) is 9.59 Å². The topological polar surface area (TPSA) is 139 Å². The molecule has 0 radical (unpaired) electrons. The second-order valence-electron chi connectivity index (χ2n) is 6.15. The summed E-state index contributed by atoms with van der Waals surface area (Å²) in [4.78, 5) is 26.0. The van der Waals surface area contributed by atoms with Gasteiger partial charge in [-0.25, -0.2) is 9.31 Å². The Morgan fingerprint density at radius 2 is 2.12 bits per heavy atom. The Morgan fingerprint density at radius 3 is 2.77 bits per heavy atom. The predicted octanol–water partition coefficient (Wildman–Crippen LogP) is -0.902. The minimum Gasteiger partial charge on any atom is -0.395 e. The summed E-state index contributed by atoms with van der Waals surface area (Å²) in [5.41, 5.74) is 1.40. The first-order valence-corrected chi connectivity index (χ1v) is 8.45. The van der Waals surface area contributed by atoms with E-state index in [-0.39, 0.29) is 43.1 Å². The van der Waals surface area contributed by atoms with Crippen LogP contribution in [0.4, 0.5) is 0 Å². The molecule has 11 nitrogen and oxygen atoms in total. The third-order valence-electron chi connectivity index (χ3n) is 4.40. The van der Waals surface area contributed by atoms with Gasteiger partial charge in [0, 0.05) is 19.6 Å². The van der Waals surface area contributed by atoms with Crippen LogP contribution in [0.25, 0.3) is 0 Å². The fraction of sp³-hybridized carbons (Fsp3) is 0.600. The zero-order chi connectivity index (χ0) is 18.5. The molecule has 3 heterocycles. The summed E-state index contributed by atoms with van der Waals surface area (Å²) in [6, 6.07) is 0.0846. The molecule has 0 spiro atoms. The first-order valence-electron chi connectivity index (χ1n) is 8.45. The number of nitrogens with zero attached hydrogens (tertiary/aromatic N) is 6. The van der Waals surface area contributed by atoms with Crippen LogP contribution in [0.2, 0.25) is 0 Å². The first-order chi connectivity index (χ1) is 12.6. The molecule has 1 fully saturated rings. The number of aromatic nitrogens is 5. The Kier molecular flexibility index (Phi) is 5.56. The number of carbonyl (C=O) groups is 2. The molecule has 2 amide bonds. The number of hydrogen-bond acceptors (Lipinski definition) is 8. The van der Waals surface area contributed by atoms with Gasteiger partial charge in [-0.1, -0.05) is 15.5 Å². The lowest BCUT2D eigenvalue weighted by molar-refractivity contribution is -0.131. The van der Waals surface area contributed by atoms with Gasteiger partial charge in [-0.2, -0.15) is 0 Å². The number of hydrogen-bond donors (Lipinski definition) is 2. The van der Waals surface area contributed by atoms with Crippen molar-refractivity contribution in [1.29, 1.82) is 0 Å². The number of carbonyl (C=O) groups excluding carboxylic acids is 2. The highest BCUT2D eigenvalue weighted by molar-refractivity contribution is 5.91. The van der Waals surface area contributed by atoms with Gasteiger partial charge in [0.15, 0.2) is 5.69 Å². The summed E-state index contributed by atoms with van der Waals surface area (Å²) >= 11 is 0. The van der Waals surface area contributed by atoms with Gasteiger partial charge in [-0.15, -0.1) is 5.10 Å². The van der Waals surface area contributed by atoms with Gasteiger partial charge in [0.2, 0.25) is 5.91 Å². The fourth-order valence-electron chi connectivity index (χ4n) is 2.86. The molecule has 26 heavy (non-hydrogen) atoms. The van der Waals surface area contributed by atoms with E-state index in [0.29, 0.717) is 24.5 Å². The standard InChI is InChI=1S/C15H21N7O4/c1-10-12(19-26-18-10)8-14(24)21-5-2-11(3-6-21)22-9-13(17-20-22)15(25)16-4-7-23/h9,11,23H,2-8H2,1H3,(H,16,25). The molecule has 1 aliphatic heterocycles. The van der Waals surface area contributed by atoms with Crippen molar-refractivity contribution in [2.24, 2.45) is 0 Å². The van der Waals surface area contributed by atoms with E-state index in [1.54, 1.807) is 22.7 Å². The molecule has 1 saturated heterocycles. The SMILES string of the molecule is Cc1nonc1CC(=O)N1CCC(n2cc(C(=O)NCCO)nn2)CC1. The molecule has 2 N–H and O–H groups in total. The summed E-state index contributed by atoms with van der Waals surface area (Å²) in [5.74, 6) is -0.376. The molecule has 1 aliphatic rings. The molecule has 140 valence electrons. The van der Waals surface area contributed by atoms with Crippen LogP contribution in [-0.4, -0.2) is 73.4 Å². The molecule has 2 aromatic heterocycles. The smallest absolute Gasteiger partial charge is 0.273 e. The van der Waals surface area contributed by atoms with Crippen LogP contribution in [0.5, 0.6) is 0 Å². The maximum atomic E-state index is 12.4. The molecular weight excluding hydrogens is 342 g/mol. The molecular formula is C15H21N7O4. The van der Waals surface area contributed by atoms with Gasteiger partial charge in [-0.05, 0) is 19.8 Å². The number of amides is 2. The lowest BCUT2D eigenvalue weighted by Crippen LogP contribution is -2.40. The van der Waals surface area contributed by atoms with E-state index in [1.165, 1.54) is 0 Å². The monoisotopic (exact) mass is 363 g/mol. The molecule has 0 unspecified atom stereocenters. The quantitative estimate of drug-likeness (QED) is 0.673. The van der Waals surface area contributed by atoms with Gasteiger partial charge < -0.3 is 15.3 Å². The van der Waals surface area contributed by atoms with Crippen LogP contribution >= 0.6 is 0 Å². The van der Waals surface area contributed by atoms with Crippen LogP contribution in [-0.2, 0) is 11.2 Å². The number of aliphatic hydroxyl groups excluding tert-OH is 1. The van der Waals surface area contributed by atoms with Gasteiger partial charge in [-0.3, -0.25) is 9.59 Å². The second kappa shape index (κ2) is 8.04. The van der Waals surface area contributed by atoms with Crippen molar-refractivity contribution < 1.29 is 19.3 Å². The molecule has 0 aliphatic carbocycles. The van der Waals surface area contributed by atoms with Crippen molar-refractivity contribution in [3.05, 3.63) is 23.3 Å². The van der Waals surface area contributed by atoms with Crippen LogP contribution in [0, 0.1) is 6.92 Å². The van der Waals surface area contributed by atoms with Gasteiger partial charge in [0.05, 0.1) is 25.3 Å². The van der Waals surface area contributed by atoms with E-state index in [0.717, 1.165) is 12.8 Å². The molecule has 11 heteroatoms. The maximum absolute atomic E-state index is 12.4. The number of likely N-dealkylation sites (tertiary alicyclic amines) is 1. The Morgan fingerprint density at radius 1 is 1.35 bits per heavy atom. The lowest BCUT2D eigenvalue weighted by Gasteiger charge is -2.31. The number of aliphatic hydroxyl groups is 1. The Balaban J connectivity index is 1.52. The van der Waals surface area contributed by atoms with Crippen molar-refractivity contribution in [3.8, 4) is 0 Å². The van der Waals surface area contributed by atoms with Crippen molar-refractivity contribution in [2.45, 2.75) is 32.2 Å². The average Bonchev–Trinajstić information content (AvgIpc) is 3.29. The first kappa shape index (κ1) is 18.0. The van der Waals surface area contributed by atoms with E-state index < -0.39 is 0 Å². The number of nitrogens with one attached hydrogen (secondary N) is 1. The van der Waals surface area contributed by atoms with Gasteiger partial charge in [0.1, 0.15) is 11.4 Å². The van der Waals surface area contributed by atoms with E-state index in [4.69, 9.17) is 5.11 Å². The average molecular weight is 363 g/mol. The minimum absolute atomic E-state index is 0.00934. The van der Waals surface area contributed by atoms with Crippen molar-refractivity contribution >= 4 is 11.8 Å². The predicted molar refractivity (Wildman–Crippen MR) is 87.0 cm³/mol. The van der Waals surface area contributed by atoms with E-state index >= 15 is 0 Å². The molecule has 2 aromatic rings. The summed E-state index contributed by atoms with van der Waals surface area (Å²) in [7, 11) is 0. The summed E-state index contributed by atoms with van der Waals surface area (Å²) in [6.45, 7) is 2.99. The Bertz CT molecular complexity index is 764. The second-order valence-corrected chi connectivity index (χ2v) is 6.15. The largest absolute Gasteiger partial charge is 0.395 e. The van der Waals surface area contributed by atoms with Gasteiger partial charge >= 0.3 is 0 Å². The number of piperidine rings is 1. The van der Waals surface area contributed by atoms with Crippen molar-refractivity contribution in [3.63, 3.8) is 0 Å². The fourth-order valence-corrected chi connectivity index (χ4v) is 2.86. The number of rotatable bonds is 6. The van der Waals surface area contributed by atoms with E-state index in [1.807, 2.05) is 0 Å². The van der Waals surface area contributed by atoms with Crippen molar-refractivity contribution in [2.75, 3.05) is 26.2 Å². The van der Waals surface area contributed by atoms with Crippen LogP contribution in [0.3, 0.4) is 0 Å². The van der Waals surface area contributed by atoms with Crippen molar-refractivity contribution in [1.82, 2.24) is 35.5 Å². The highest BCUT2D eigenvalue weighted by Crippen LogP contribution is 2.22. The highest BCUT2D eigenvalue weighted by atomic mass is 16.6. The third-order valence-corrected chi connectivity index (χ3v) is 4.40. The number of aryl methyl sites for hydroxylation is 1. The van der Waals surface area contributed by atoms with Crippen LogP contribution in [0.1, 0.15) is 40.8 Å². The summed E-state index contributed by atoms with van der Waals surface area (Å²) < 4.78 is 6.29. The highest BCUT2D eigenvalue weighted by Gasteiger charge is 2.26. The van der Waals surface area contributed by atoms with Crippen LogP contribution in [0.15, 0.2) is 10.8 Å². The minimum atomic E-state index is -0.366. The Hall–Kier alpha value is -2.82. The zero-order valence-electron chi connectivity index (χ0n) is 14.5. The van der Waals surface area contributed by atoms with Crippen LogP contribution < -0.4 is 5.32 Å². The summed E-state index contributed by atoms with van der Waals surface area (Å²) in [5, 5.41) is 26.6. The Labute approximate surface area is 149 Å². The summed E-state index contributed by atoms with van der Waals surface area (Å²) in [6.07, 6.45) is 3.23. The molecule has 0 atom stereocenters. The molecule has 0 aromatic carbocycles. The molecule has 0 saturated carbocycles. The maximum Gasteiger partial charge on any atom is 0.273 e. The van der Waals surface area contributed by atoms with E-state index in [2.05, 4.69) is 30.6 Å². The zero-order valence-corrected chi connectivity index (χ0v) is 14.5. The normalized spacial score (nSPS) is 15.2.